The lowest BCUT2D eigenvalue weighted by Crippen LogP contribution is -1.93. The zero-order valence-corrected chi connectivity index (χ0v) is 10.5. The van der Waals surface area contributed by atoms with Crippen LogP contribution in [0.3, 0.4) is 0 Å². The molecule has 0 aliphatic rings. The molecular formula is C15H9ClF2O. The molecule has 0 spiro atoms. The minimum Gasteiger partial charge on any atom is -0.289 e. The van der Waals surface area contributed by atoms with Crippen molar-refractivity contribution in [3.05, 3.63) is 76.3 Å². The smallest absolute Gasteiger partial charge is 0.185 e. The number of halogens is 3. The summed E-state index contributed by atoms with van der Waals surface area (Å²) >= 11 is 5.78. The summed E-state index contributed by atoms with van der Waals surface area (Å²) in [4.78, 5) is 11.8. The second kappa shape index (κ2) is 5.76. The van der Waals surface area contributed by atoms with E-state index in [-0.39, 0.29) is 5.78 Å². The predicted molar refractivity (Wildman–Crippen MR) is 71.2 cm³/mol. The summed E-state index contributed by atoms with van der Waals surface area (Å²) in [6.45, 7) is 0. The van der Waals surface area contributed by atoms with Crippen LogP contribution >= 0.6 is 11.6 Å². The van der Waals surface area contributed by atoms with Gasteiger partial charge in [-0.3, -0.25) is 4.79 Å². The van der Waals surface area contributed by atoms with Crippen molar-refractivity contribution in [2.24, 2.45) is 0 Å². The SMILES string of the molecule is O=C(/C=C/c1ccc(F)c(F)c1)c1cccc(Cl)c1. The van der Waals surface area contributed by atoms with Crippen molar-refractivity contribution in [1.29, 1.82) is 0 Å². The van der Waals surface area contributed by atoms with Crippen molar-refractivity contribution in [1.82, 2.24) is 0 Å². The van der Waals surface area contributed by atoms with E-state index < -0.39 is 11.6 Å². The van der Waals surface area contributed by atoms with E-state index in [1.807, 2.05) is 0 Å². The molecule has 2 aromatic rings. The quantitative estimate of drug-likeness (QED) is 0.596. The summed E-state index contributed by atoms with van der Waals surface area (Å²) in [5, 5.41) is 0.465. The summed E-state index contributed by atoms with van der Waals surface area (Å²) in [6.07, 6.45) is 2.71. The molecule has 0 aliphatic carbocycles. The van der Waals surface area contributed by atoms with E-state index in [0.29, 0.717) is 16.1 Å². The Balaban J connectivity index is 2.18. The van der Waals surface area contributed by atoms with Gasteiger partial charge in [0.15, 0.2) is 17.4 Å². The first-order chi connectivity index (χ1) is 9.06. The van der Waals surface area contributed by atoms with Crippen molar-refractivity contribution in [2.45, 2.75) is 0 Å². The number of allylic oxidation sites excluding steroid dienone is 1. The maximum Gasteiger partial charge on any atom is 0.185 e. The fourth-order valence-electron chi connectivity index (χ4n) is 1.53. The van der Waals surface area contributed by atoms with Gasteiger partial charge in [-0.2, -0.15) is 0 Å². The second-order valence-electron chi connectivity index (χ2n) is 3.88. The zero-order valence-electron chi connectivity index (χ0n) is 9.74. The lowest BCUT2D eigenvalue weighted by Gasteiger charge is -1.97. The van der Waals surface area contributed by atoms with Gasteiger partial charge in [0, 0.05) is 10.6 Å². The number of carbonyl (C=O) groups excluding carboxylic acids is 1. The lowest BCUT2D eigenvalue weighted by molar-refractivity contribution is 0.104. The summed E-state index contributed by atoms with van der Waals surface area (Å²) in [5.74, 6) is -2.12. The number of carbonyl (C=O) groups is 1. The Morgan fingerprint density at radius 1 is 1.05 bits per heavy atom. The average Bonchev–Trinajstić information content (AvgIpc) is 2.40. The van der Waals surface area contributed by atoms with Gasteiger partial charge >= 0.3 is 0 Å². The molecule has 1 nitrogen and oxygen atoms in total. The minimum atomic E-state index is -0.947. The fourth-order valence-corrected chi connectivity index (χ4v) is 1.72. The third-order valence-electron chi connectivity index (χ3n) is 2.48. The molecule has 0 aliphatic heterocycles. The fraction of sp³-hybridized carbons (Fsp3) is 0. The average molecular weight is 279 g/mol. The topological polar surface area (TPSA) is 17.1 Å². The van der Waals surface area contributed by atoms with E-state index in [2.05, 4.69) is 0 Å². The molecule has 0 bridgehead atoms. The Morgan fingerprint density at radius 2 is 1.84 bits per heavy atom. The van der Waals surface area contributed by atoms with Crippen LogP contribution in [0.2, 0.25) is 5.02 Å². The summed E-state index contributed by atoms with van der Waals surface area (Å²) in [5.41, 5.74) is 0.848. The van der Waals surface area contributed by atoms with Crippen LogP contribution in [-0.4, -0.2) is 5.78 Å². The molecule has 0 radical (unpaired) electrons. The zero-order chi connectivity index (χ0) is 13.8. The maximum atomic E-state index is 13.0. The van der Waals surface area contributed by atoms with Gasteiger partial charge in [0.2, 0.25) is 0 Å². The van der Waals surface area contributed by atoms with Crippen LogP contribution in [0.1, 0.15) is 15.9 Å². The molecule has 0 unspecified atom stereocenters. The Hall–Kier alpha value is -2.00. The van der Waals surface area contributed by atoms with Gasteiger partial charge in [0.1, 0.15) is 0 Å². The van der Waals surface area contributed by atoms with Crippen molar-refractivity contribution >= 4 is 23.5 Å². The summed E-state index contributed by atoms with van der Waals surface area (Å²) in [7, 11) is 0. The van der Waals surface area contributed by atoms with E-state index in [1.165, 1.54) is 18.2 Å². The van der Waals surface area contributed by atoms with Crippen LogP contribution < -0.4 is 0 Å². The Bertz CT molecular complexity index is 650. The molecule has 0 saturated heterocycles. The summed E-state index contributed by atoms with van der Waals surface area (Å²) < 4.78 is 25.7. The van der Waals surface area contributed by atoms with Crippen LogP contribution in [0.4, 0.5) is 8.78 Å². The van der Waals surface area contributed by atoms with Crippen molar-refractivity contribution in [2.75, 3.05) is 0 Å². The molecule has 0 N–H and O–H groups in total. The van der Waals surface area contributed by atoms with Gasteiger partial charge in [-0.15, -0.1) is 0 Å². The molecule has 0 amide bonds. The lowest BCUT2D eigenvalue weighted by atomic mass is 10.1. The highest BCUT2D eigenvalue weighted by molar-refractivity contribution is 6.31. The van der Waals surface area contributed by atoms with Crippen molar-refractivity contribution < 1.29 is 13.6 Å². The van der Waals surface area contributed by atoms with Gasteiger partial charge in [-0.25, -0.2) is 8.78 Å². The predicted octanol–water partition coefficient (Wildman–Crippen LogP) is 4.51. The van der Waals surface area contributed by atoms with E-state index >= 15 is 0 Å². The van der Waals surface area contributed by atoms with E-state index in [0.717, 1.165) is 12.1 Å². The Kier molecular flexibility index (Phi) is 4.07. The second-order valence-corrected chi connectivity index (χ2v) is 4.32. The monoisotopic (exact) mass is 278 g/mol. The third kappa shape index (κ3) is 3.48. The van der Waals surface area contributed by atoms with Crippen LogP contribution in [0.15, 0.2) is 48.5 Å². The van der Waals surface area contributed by atoms with Gasteiger partial charge in [-0.05, 0) is 35.9 Å². The molecule has 0 fully saturated rings. The first-order valence-corrected chi connectivity index (χ1v) is 5.87. The van der Waals surface area contributed by atoms with Gasteiger partial charge in [0.05, 0.1) is 0 Å². The van der Waals surface area contributed by atoms with Crippen LogP contribution in [0.5, 0.6) is 0 Å². The molecule has 0 saturated carbocycles. The van der Waals surface area contributed by atoms with Crippen LogP contribution in [0.25, 0.3) is 6.08 Å². The van der Waals surface area contributed by atoms with E-state index in [4.69, 9.17) is 11.6 Å². The molecule has 96 valence electrons. The third-order valence-corrected chi connectivity index (χ3v) is 2.72. The normalized spacial score (nSPS) is 10.9. The molecule has 0 heterocycles. The molecular weight excluding hydrogens is 270 g/mol. The summed E-state index contributed by atoms with van der Waals surface area (Å²) in [6, 6.07) is 9.93. The number of rotatable bonds is 3. The molecule has 0 aromatic heterocycles. The van der Waals surface area contributed by atoms with Crippen molar-refractivity contribution in [3.63, 3.8) is 0 Å². The molecule has 0 atom stereocenters. The van der Waals surface area contributed by atoms with Crippen molar-refractivity contribution in [3.8, 4) is 0 Å². The number of hydrogen-bond donors (Lipinski definition) is 0. The molecule has 19 heavy (non-hydrogen) atoms. The van der Waals surface area contributed by atoms with Gasteiger partial charge in [-0.1, -0.05) is 35.9 Å². The number of ketones is 1. The van der Waals surface area contributed by atoms with Gasteiger partial charge in [0.25, 0.3) is 0 Å². The Labute approximate surface area is 114 Å². The molecule has 4 heteroatoms. The van der Waals surface area contributed by atoms with Crippen LogP contribution in [-0.2, 0) is 0 Å². The van der Waals surface area contributed by atoms with E-state index in [1.54, 1.807) is 24.3 Å². The van der Waals surface area contributed by atoms with Crippen LogP contribution in [0, 0.1) is 11.6 Å². The number of benzene rings is 2. The molecule has 2 rings (SSSR count). The highest BCUT2D eigenvalue weighted by Crippen LogP contribution is 2.13. The highest BCUT2D eigenvalue weighted by Gasteiger charge is 2.03. The first kappa shape index (κ1) is 13.4. The first-order valence-electron chi connectivity index (χ1n) is 5.49. The van der Waals surface area contributed by atoms with Gasteiger partial charge < -0.3 is 0 Å². The van der Waals surface area contributed by atoms with E-state index in [9.17, 15) is 13.6 Å². The maximum absolute atomic E-state index is 13.0. The molecule has 2 aromatic carbocycles. The minimum absolute atomic E-state index is 0.257. The Morgan fingerprint density at radius 3 is 2.53 bits per heavy atom. The largest absolute Gasteiger partial charge is 0.289 e. The standard InChI is InChI=1S/C15H9ClF2O/c16-12-3-1-2-11(9-12)15(19)7-5-10-4-6-13(17)14(18)8-10/h1-9H/b7-5+. The number of hydrogen-bond acceptors (Lipinski definition) is 1. The highest BCUT2D eigenvalue weighted by atomic mass is 35.5.